The Hall–Kier alpha value is -1.96. The average molecular weight is 447 g/mol. The van der Waals surface area contributed by atoms with Crippen molar-refractivity contribution in [3.8, 4) is 0 Å². The number of amides is 1. The first-order chi connectivity index (χ1) is 13.9. The van der Waals surface area contributed by atoms with Gasteiger partial charge in [0.25, 0.3) is 0 Å². The van der Waals surface area contributed by atoms with Crippen molar-refractivity contribution in [1.29, 1.82) is 0 Å². The van der Waals surface area contributed by atoms with Gasteiger partial charge >= 0.3 is 0 Å². The van der Waals surface area contributed by atoms with Gasteiger partial charge in [0.1, 0.15) is 5.82 Å². The van der Waals surface area contributed by atoms with Crippen molar-refractivity contribution in [3.63, 3.8) is 0 Å². The number of thioether (sulfide) groups is 2. The summed E-state index contributed by atoms with van der Waals surface area (Å²) in [6.45, 7) is 3.97. The summed E-state index contributed by atoms with van der Waals surface area (Å²) >= 11 is 9.27. The number of aryl methyl sites for hydroxylation is 1. The minimum absolute atomic E-state index is 0.0985. The number of nitrogens with zero attached hydrogens (tertiary/aromatic N) is 3. The molecule has 1 heterocycles. The van der Waals surface area contributed by atoms with Crippen molar-refractivity contribution in [3.05, 3.63) is 70.0 Å². The van der Waals surface area contributed by atoms with Crippen LogP contribution in [-0.2, 0) is 23.3 Å². The molecule has 0 fully saturated rings. The Kier molecular flexibility index (Phi) is 7.64. The summed E-state index contributed by atoms with van der Waals surface area (Å²) < 4.78 is 1.95. The Morgan fingerprint density at radius 3 is 2.62 bits per heavy atom. The molecule has 0 saturated carbocycles. The number of rotatable bonds is 8. The molecule has 1 amide bonds. The molecular formula is C21H23ClN4OS2. The Balaban J connectivity index is 1.49. The van der Waals surface area contributed by atoms with E-state index in [-0.39, 0.29) is 11.7 Å². The fourth-order valence-corrected chi connectivity index (χ4v) is 4.47. The van der Waals surface area contributed by atoms with E-state index in [1.807, 2.05) is 30.7 Å². The van der Waals surface area contributed by atoms with E-state index in [1.54, 1.807) is 17.8 Å². The van der Waals surface area contributed by atoms with Crippen LogP contribution in [0.4, 0.5) is 5.69 Å². The van der Waals surface area contributed by atoms with Crippen LogP contribution in [0, 0.1) is 13.8 Å². The first-order valence-electron chi connectivity index (χ1n) is 9.13. The van der Waals surface area contributed by atoms with Crippen molar-refractivity contribution >= 4 is 46.7 Å². The SMILES string of the molecule is Cc1ccc(CSCc2nnc(SCC(=O)Nc3cccc(Cl)c3C)n2C)cc1. The number of halogens is 1. The van der Waals surface area contributed by atoms with E-state index >= 15 is 0 Å². The van der Waals surface area contributed by atoms with Gasteiger partial charge in [-0.2, -0.15) is 0 Å². The molecule has 1 N–H and O–H groups in total. The van der Waals surface area contributed by atoms with E-state index in [0.717, 1.165) is 33.7 Å². The van der Waals surface area contributed by atoms with Crippen molar-refractivity contribution in [2.24, 2.45) is 7.05 Å². The quantitative estimate of drug-likeness (QED) is 0.479. The zero-order valence-electron chi connectivity index (χ0n) is 16.6. The molecule has 3 aromatic rings. The molecule has 3 rings (SSSR count). The first kappa shape index (κ1) is 21.7. The lowest BCUT2D eigenvalue weighted by atomic mass is 10.2. The lowest BCUT2D eigenvalue weighted by Gasteiger charge is -2.09. The summed E-state index contributed by atoms with van der Waals surface area (Å²) in [7, 11) is 1.93. The van der Waals surface area contributed by atoms with Crippen LogP contribution in [0.15, 0.2) is 47.6 Å². The van der Waals surface area contributed by atoms with E-state index in [2.05, 4.69) is 46.7 Å². The maximum absolute atomic E-state index is 12.3. The molecule has 0 atom stereocenters. The molecule has 0 aliphatic rings. The van der Waals surface area contributed by atoms with Crippen molar-refractivity contribution in [2.75, 3.05) is 11.1 Å². The van der Waals surface area contributed by atoms with Gasteiger partial charge in [0.2, 0.25) is 5.91 Å². The minimum Gasteiger partial charge on any atom is -0.325 e. The predicted molar refractivity (Wildman–Crippen MR) is 123 cm³/mol. The second kappa shape index (κ2) is 10.2. The van der Waals surface area contributed by atoms with Gasteiger partial charge in [-0.25, -0.2) is 0 Å². The maximum Gasteiger partial charge on any atom is 0.234 e. The van der Waals surface area contributed by atoms with Gasteiger partial charge < -0.3 is 9.88 Å². The van der Waals surface area contributed by atoms with Crippen LogP contribution < -0.4 is 5.32 Å². The highest BCUT2D eigenvalue weighted by Crippen LogP contribution is 2.24. The maximum atomic E-state index is 12.3. The molecule has 0 saturated heterocycles. The van der Waals surface area contributed by atoms with Crippen molar-refractivity contribution < 1.29 is 4.79 Å². The summed E-state index contributed by atoms with van der Waals surface area (Å²) in [5, 5.41) is 12.8. The van der Waals surface area contributed by atoms with E-state index in [9.17, 15) is 4.79 Å². The molecule has 0 unspecified atom stereocenters. The molecule has 0 bridgehead atoms. The molecule has 2 aromatic carbocycles. The molecule has 0 aliphatic heterocycles. The Morgan fingerprint density at radius 2 is 1.86 bits per heavy atom. The molecule has 29 heavy (non-hydrogen) atoms. The summed E-state index contributed by atoms with van der Waals surface area (Å²) in [5.41, 5.74) is 4.15. The van der Waals surface area contributed by atoms with Gasteiger partial charge in [0.05, 0.1) is 11.5 Å². The highest BCUT2D eigenvalue weighted by Gasteiger charge is 2.13. The summed E-state index contributed by atoms with van der Waals surface area (Å²) in [6.07, 6.45) is 0. The zero-order chi connectivity index (χ0) is 20.8. The first-order valence-corrected chi connectivity index (χ1v) is 11.6. The molecule has 0 spiro atoms. The normalized spacial score (nSPS) is 10.9. The molecular weight excluding hydrogens is 424 g/mol. The summed E-state index contributed by atoms with van der Waals surface area (Å²) in [5.74, 6) is 2.76. The zero-order valence-corrected chi connectivity index (χ0v) is 19.0. The van der Waals surface area contributed by atoms with Gasteiger partial charge in [-0.05, 0) is 37.1 Å². The summed E-state index contributed by atoms with van der Waals surface area (Å²) in [4.78, 5) is 12.3. The van der Waals surface area contributed by atoms with Crippen molar-refractivity contribution in [1.82, 2.24) is 14.8 Å². The number of carbonyl (C=O) groups excluding carboxylic acids is 1. The van der Waals surface area contributed by atoms with Crippen LogP contribution >= 0.6 is 35.1 Å². The monoisotopic (exact) mass is 446 g/mol. The lowest BCUT2D eigenvalue weighted by Crippen LogP contribution is -2.15. The van der Waals surface area contributed by atoms with Gasteiger partial charge in [0.15, 0.2) is 5.16 Å². The van der Waals surface area contributed by atoms with Crippen LogP contribution in [0.25, 0.3) is 0 Å². The predicted octanol–water partition coefficient (Wildman–Crippen LogP) is 5.25. The van der Waals surface area contributed by atoms with Crippen molar-refractivity contribution in [2.45, 2.75) is 30.5 Å². The highest BCUT2D eigenvalue weighted by atomic mass is 35.5. The number of carbonyl (C=O) groups is 1. The van der Waals surface area contributed by atoms with Crippen LogP contribution in [0.1, 0.15) is 22.5 Å². The number of hydrogen-bond acceptors (Lipinski definition) is 5. The minimum atomic E-state index is -0.0985. The van der Waals surface area contributed by atoms with Gasteiger partial charge in [-0.15, -0.1) is 22.0 Å². The topological polar surface area (TPSA) is 59.8 Å². The number of aromatic nitrogens is 3. The standard InChI is InChI=1S/C21H23ClN4OS2/c1-14-7-9-16(10-8-14)11-28-12-19-24-25-21(26(19)3)29-13-20(27)23-18-6-4-5-17(22)15(18)2/h4-10H,11-13H2,1-3H3,(H,23,27). The average Bonchev–Trinajstić information content (AvgIpc) is 3.05. The molecule has 0 radical (unpaired) electrons. The number of anilines is 1. The third-order valence-corrected chi connectivity index (χ3v) is 6.85. The van der Waals surface area contributed by atoms with E-state index < -0.39 is 0 Å². The van der Waals surface area contributed by atoms with E-state index in [1.165, 1.54) is 22.9 Å². The molecule has 1 aromatic heterocycles. The fraction of sp³-hybridized carbons (Fsp3) is 0.286. The van der Waals surface area contributed by atoms with Crippen LogP contribution in [0.3, 0.4) is 0 Å². The van der Waals surface area contributed by atoms with Crippen LogP contribution in [0.2, 0.25) is 5.02 Å². The number of nitrogens with one attached hydrogen (secondary N) is 1. The Bertz CT molecular complexity index is 989. The van der Waals surface area contributed by atoms with Crippen LogP contribution in [0.5, 0.6) is 0 Å². The third kappa shape index (κ3) is 6.01. The summed E-state index contributed by atoms with van der Waals surface area (Å²) in [6, 6.07) is 14.0. The van der Waals surface area contributed by atoms with Crippen LogP contribution in [-0.4, -0.2) is 26.4 Å². The fourth-order valence-electron chi connectivity index (χ4n) is 2.60. The molecule has 152 valence electrons. The Labute approximate surface area is 184 Å². The molecule has 8 heteroatoms. The molecule has 5 nitrogen and oxygen atoms in total. The largest absolute Gasteiger partial charge is 0.325 e. The second-order valence-corrected chi connectivity index (χ2v) is 9.02. The second-order valence-electron chi connectivity index (χ2n) is 6.69. The van der Waals surface area contributed by atoms with Gasteiger partial charge in [-0.1, -0.05) is 59.3 Å². The number of hydrogen-bond donors (Lipinski definition) is 1. The highest BCUT2D eigenvalue weighted by molar-refractivity contribution is 7.99. The van der Waals surface area contributed by atoms with E-state index in [0.29, 0.717) is 5.02 Å². The number of benzene rings is 2. The van der Waals surface area contributed by atoms with Gasteiger partial charge in [0, 0.05) is 23.5 Å². The van der Waals surface area contributed by atoms with E-state index in [4.69, 9.17) is 11.6 Å². The molecule has 0 aliphatic carbocycles. The lowest BCUT2D eigenvalue weighted by molar-refractivity contribution is -0.113. The Morgan fingerprint density at radius 1 is 1.10 bits per heavy atom. The third-order valence-electron chi connectivity index (χ3n) is 4.42. The smallest absolute Gasteiger partial charge is 0.234 e. The van der Waals surface area contributed by atoms with Gasteiger partial charge in [-0.3, -0.25) is 4.79 Å².